The molecule has 0 unspecified atom stereocenters. The van der Waals surface area contributed by atoms with Crippen molar-refractivity contribution in [2.75, 3.05) is 0 Å². The van der Waals surface area contributed by atoms with Gasteiger partial charge in [-0.2, -0.15) is 5.10 Å². The molecule has 138 valence electrons. The quantitative estimate of drug-likeness (QED) is 0.577. The van der Waals surface area contributed by atoms with Gasteiger partial charge in [0.15, 0.2) is 0 Å². The summed E-state index contributed by atoms with van der Waals surface area (Å²) in [4.78, 5) is 16.9. The number of nitrogens with zero attached hydrogens (tertiary/aromatic N) is 3. The molecule has 0 atom stereocenters. The van der Waals surface area contributed by atoms with Gasteiger partial charge in [-0.25, -0.2) is 0 Å². The lowest BCUT2D eigenvalue weighted by molar-refractivity contribution is 0.0951. The Bertz CT molecular complexity index is 1070. The van der Waals surface area contributed by atoms with E-state index in [-0.39, 0.29) is 5.91 Å². The maximum Gasteiger partial charge on any atom is 0.251 e. The van der Waals surface area contributed by atoms with Crippen molar-refractivity contribution < 1.29 is 4.79 Å². The number of amides is 1. The van der Waals surface area contributed by atoms with Crippen LogP contribution < -0.4 is 5.32 Å². The standard InChI is InChI=1S/C23H20N4O/c1-27-16-21(15-26-27)22-12-7-17(13-24-22)14-25-23(28)20-10-8-19(9-11-20)18-5-3-2-4-6-18/h2-13,15-16H,14H2,1H3,(H,25,28). The fourth-order valence-corrected chi connectivity index (χ4v) is 2.98. The van der Waals surface area contributed by atoms with E-state index >= 15 is 0 Å². The number of benzene rings is 2. The molecule has 0 aliphatic rings. The third-order valence-corrected chi connectivity index (χ3v) is 4.53. The maximum atomic E-state index is 12.4. The Kier molecular flexibility index (Phi) is 4.97. The highest BCUT2D eigenvalue weighted by molar-refractivity contribution is 5.94. The number of hydrogen-bond acceptors (Lipinski definition) is 3. The summed E-state index contributed by atoms with van der Waals surface area (Å²) in [5, 5.41) is 7.10. The molecule has 0 saturated carbocycles. The van der Waals surface area contributed by atoms with Crippen LogP contribution in [-0.4, -0.2) is 20.7 Å². The number of nitrogens with one attached hydrogen (secondary N) is 1. The van der Waals surface area contributed by atoms with Crippen molar-refractivity contribution in [3.05, 3.63) is 96.4 Å². The fraction of sp³-hybridized carbons (Fsp3) is 0.0870. The van der Waals surface area contributed by atoms with Gasteiger partial charge in [0.2, 0.25) is 0 Å². The molecular formula is C23H20N4O. The van der Waals surface area contributed by atoms with Crippen molar-refractivity contribution in [3.8, 4) is 22.4 Å². The summed E-state index contributed by atoms with van der Waals surface area (Å²) in [7, 11) is 1.87. The van der Waals surface area contributed by atoms with E-state index in [1.165, 1.54) is 0 Å². The first-order chi connectivity index (χ1) is 13.7. The molecule has 2 aromatic heterocycles. The molecule has 4 aromatic rings. The van der Waals surface area contributed by atoms with Crippen molar-refractivity contribution in [1.29, 1.82) is 0 Å². The highest BCUT2D eigenvalue weighted by Crippen LogP contribution is 2.19. The molecule has 5 heteroatoms. The van der Waals surface area contributed by atoms with Gasteiger partial charge in [0.1, 0.15) is 0 Å². The van der Waals surface area contributed by atoms with E-state index in [1.807, 2.05) is 67.8 Å². The zero-order valence-corrected chi connectivity index (χ0v) is 15.5. The molecule has 0 radical (unpaired) electrons. The minimum atomic E-state index is -0.101. The van der Waals surface area contributed by atoms with Crippen molar-refractivity contribution in [2.45, 2.75) is 6.54 Å². The Hall–Kier alpha value is -3.73. The second-order valence-corrected chi connectivity index (χ2v) is 6.58. The smallest absolute Gasteiger partial charge is 0.251 e. The Morgan fingerprint density at radius 3 is 2.29 bits per heavy atom. The van der Waals surface area contributed by atoms with Gasteiger partial charge in [0, 0.05) is 37.1 Å². The lowest BCUT2D eigenvalue weighted by atomic mass is 10.0. The number of carbonyl (C=O) groups is 1. The van der Waals surface area contributed by atoms with Gasteiger partial charge < -0.3 is 5.32 Å². The van der Waals surface area contributed by atoms with Crippen LogP contribution in [0.5, 0.6) is 0 Å². The molecular weight excluding hydrogens is 348 g/mol. The lowest BCUT2D eigenvalue weighted by Gasteiger charge is -2.07. The largest absolute Gasteiger partial charge is 0.348 e. The van der Waals surface area contributed by atoms with Crippen molar-refractivity contribution in [2.24, 2.45) is 7.05 Å². The number of pyridine rings is 1. The number of carbonyl (C=O) groups excluding carboxylic acids is 1. The van der Waals surface area contributed by atoms with E-state index < -0.39 is 0 Å². The monoisotopic (exact) mass is 368 g/mol. The van der Waals surface area contributed by atoms with Gasteiger partial charge >= 0.3 is 0 Å². The Labute approximate surface area is 163 Å². The minimum absolute atomic E-state index is 0.101. The molecule has 4 rings (SSSR count). The summed E-state index contributed by atoms with van der Waals surface area (Å²) in [6, 6.07) is 21.6. The highest BCUT2D eigenvalue weighted by atomic mass is 16.1. The zero-order chi connectivity index (χ0) is 19.3. The topological polar surface area (TPSA) is 59.8 Å². The van der Waals surface area contributed by atoms with Crippen molar-refractivity contribution in [1.82, 2.24) is 20.1 Å². The first-order valence-electron chi connectivity index (χ1n) is 9.07. The molecule has 0 spiro atoms. The molecule has 0 saturated heterocycles. The van der Waals surface area contributed by atoms with Crippen LogP contribution in [-0.2, 0) is 13.6 Å². The molecule has 1 amide bonds. The molecule has 2 heterocycles. The van der Waals surface area contributed by atoms with Gasteiger partial charge in [0.05, 0.1) is 11.9 Å². The molecule has 2 aromatic carbocycles. The van der Waals surface area contributed by atoms with Crippen LogP contribution in [0.2, 0.25) is 0 Å². The second kappa shape index (κ2) is 7.88. The number of rotatable bonds is 5. The summed E-state index contributed by atoms with van der Waals surface area (Å²) in [5.74, 6) is -0.101. The Morgan fingerprint density at radius 1 is 0.893 bits per heavy atom. The molecule has 0 bridgehead atoms. The zero-order valence-electron chi connectivity index (χ0n) is 15.5. The first kappa shape index (κ1) is 17.7. The molecule has 0 fully saturated rings. The number of aromatic nitrogens is 3. The average Bonchev–Trinajstić information content (AvgIpc) is 3.19. The summed E-state index contributed by atoms with van der Waals surface area (Å²) >= 11 is 0. The van der Waals surface area contributed by atoms with Gasteiger partial charge in [-0.15, -0.1) is 0 Å². The molecule has 0 aliphatic carbocycles. The Balaban J connectivity index is 1.37. The SMILES string of the molecule is Cn1cc(-c2ccc(CNC(=O)c3ccc(-c4ccccc4)cc3)cn2)cn1. The molecule has 0 aliphatic heterocycles. The predicted molar refractivity (Wildman–Crippen MR) is 109 cm³/mol. The van der Waals surface area contributed by atoms with E-state index in [2.05, 4.69) is 27.5 Å². The summed E-state index contributed by atoms with van der Waals surface area (Å²) in [5.41, 5.74) is 5.64. The van der Waals surface area contributed by atoms with E-state index in [0.29, 0.717) is 12.1 Å². The van der Waals surface area contributed by atoms with Crippen LogP contribution in [0.15, 0.2) is 85.3 Å². The van der Waals surface area contributed by atoms with Gasteiger partial charge in [0.25, 0.3) is 5.91 Å². The summed E-state index contributed by atoms with van der Waals surface area (Å²) < 4.78 is 1.74. The first-order valence-corrected chi connectivity index (χ1v) is 9.07. The van der Waals surface area contributed by atoms with Gasteiger partial charge in [-0.1, -0.05) is 48.5 Å². The number of hydrogen-bond donors (Lipinski definition) is 1. The van der Waals surface area contributed by atoms with Gasteiger partial charge in [-0.3, -0.25) is 14.5 Å². The van der Waals surface area contributed by atoms with Crippen molar-refractivity contribution in [3.63, 3.8) is 0 Å². The molecule has 1 N–H and O–H groups in total. The van der Waals surface area contributed by atoms with Crippen LogP contribution >= 0.6 is 0 Å². The Morgan fingerprint density at radius 2 is 1.64 bits per heavy atom. The normalized spacial score (nSPS) is 10.6. The van der Waals surface area contributed by atoms with Crippen LogP contribution in [0.4, 0.5) is 0 Å². The maximum absolute atomic E-state index is 12.4. The average molecular weight is 368 g/mol. The van der Waals surface area contributed by atoms with E-state index in [4.69, 9.17) is 0 Å². The summed E-state index contributed by atoms with van der Waals surface area (Å²) in [6.45, 7) is 0.430. The second-order valence-electron chi connectivity index (χ2n) is 6.58. The van der Waals surface area contributed by atoms with Crippen LogP contribution in [0.1, 0.15) is 15.9 Å². The van der Waals surface area contributed by atoms with E-state index in [0.717, 1.165) is 27.9 Å². The minimum Gasteiger partial charge on any atom is -0.348 e. The highest BCUT2D eigenvalue weighted by Gasteiger charge is 2.07. The van der Waals surface area contributed by atoms with Crippen molar-refractivity contribution >= 4 is 5.91 Å². The van der Waals surface area contributed by atoms with E-state index in [1.54, 1.807) is 17.1 Å². The summed E-state index contributed by atoms with van der Waals surface area (Å²) in [6.07, 6.45) is 5.48. The van der Waals surface area contributed by atoms with Crippen LogP contribution in [0.3, 0.4) is 0 Å². The van der Waals surface area contributed by atoms with Gasteiger partial charge in [-0.05, 0) is 34.9 Å². The fourth-order valence-electron chi connectivity index (χ4n) is 2.98. The predicted octanol–water partition coefficient (Wildman–Crippen LogP) is 4.08. The molecule has 5 nitrogen and oxygen atoms in total. The third-order valence-electron chi connectivity index (χ3n) is 4.53. The lowest BCUT2D eigenvalue weighted by Crippen LogP contribution is -2.22. The third kappa shape index (κ3) is 3.99. The van der Waals surface area contributed by atoms with Crippen LogP contribution in [0, 0.1) is 0 Å². The molecule has 28 heavy (non-hydrogen) atoms. The van der Waals surface area contributed by atoms with E-state index in [9.17, 15) is 4.79 Å². The number of aryl methyl sites for hydroxylation is 1. The van der Waals surface area contributed by atoms with Crippen LogP contribution in [0.25, 0.3) is 22.4 Å².